The summed E-state index contributed by atoms with van der Waals surface area (Å²) in [5, 5.41) is 5.71. The lowest BCUT2D eigenvalue weighted by molar-refractivity contribution is 1.02. The molecule has 0 amide bonds. The van der Waals surface area contributed by atoms with Gasteiger partial charge in [-0.2, -0.15) is 4.99 Å². The van der Waals surface area contributed by atoms with E-state index in [-0.39, 0.29) is 0 Å². The summed E-state index contributed by atoms with van der Waals surface area (Å²) in [6.07, 6.45) is 0. The van der Waals surface area contributed by atoms with Gasteiger partial charge in [-0.3, -0.25) is 5.43 Å². The minimum atomic E-state index is 0.432. The Labute approximate surface area is 146 Å². The maximum atomic E-state index is 5.54. The van der Waals surface area contributed by atoms with Crippen molar-refractivity contribution in [3.05, 3.63) is 64.5 Å². The monoisotopic (exact) mass is 387 g/mol. The van der Waals surface area contributed by atoms with Crippen LogP contribution in [0.1, 0.15) is 0 Å². The number of guanidine groups is 1. The van der Waals surface area contributed by atoms with Gasteiger partial charge in [-0.05, 0) is 24.3 Å². The highest BCUT2D eigenvalue weighted by molar-refractivity contribution is 9.10. The Morgan fingerprint density at radius 2 is 1.83 bits per heavy atom. The molecule has 2 aromatic carbocycles. The third-order valence-electron chi connectivity index (χ3n) is 3.01. The second-order valence-corrected chi connectivity index (χ2v) is 6.37. The first-order valence-corrected chi connectivity index (χ1v) is 8.51. The second kappa shape index (κ2) is 7.36. The number of anilines is 1. The highest BCUT2D eigenvalue weighted by atomic mass is 79.9. The van der Waals surface area contributed by atoms with Gasteiger partial charge in [0.1, 0.15) is 0 Å². The molecule has 0 fully saturated rings. The number of thiazole rings is 1. The van der Waals surface area contributed by atoms with Crippen LogP contribution >= 0.6 is 27.3 Å². The van der Waals surface area contributed by atoms with E-state index >= 15 is 0 Å². The van der Waals surface area contributed by atoms with Gasteiger partial charge in [-0.15, -0.1) is 11.3 Å². The molecule has 1 heterocycles. The third kappa shape index (κ3) is 4.16. The molecule has 3 aromatic rings. The predicted molar refractivity (Wildman–Crippen MR) is 99.7 cm³/mol. The molecule has 0 saturated carbocycles. The molecule has 5 nitrogen and oxygen atoms in total. The highest BCUT2D eigenvalue weighted by Gasteiger charge is 2.05. The first-order valence-electron chi connectivity index (χ1n) is 6.83. The van der Waals surface area contributed by atoms with E-state index in [2.05, 4.69) is 36.6 Å². The Kier molecular flexibility index (Phi) is 5.02. The number of aromatic nitrogens is 1. The van der Waals surface area contributed by atoms with Gasteiger partial charge in [0.2, 0.25) is 11.1 Å². The van der Waals surface area contributed by atoms with Gasteiger partial charge in [0.05, 0.1) is 5.69 Å². The summed E-state index contributed by atoms with van der Waals surface area (Å²) in [5.41, 5.74) is 5.40. The number of hydrazine groups is 1. The third-order valence-corrected chi connectivity index (χ3v) is 4.28. The molecular formula is C16H14BrN5S. The molecule has 0 aliphatic heterocycles. The molecule has 0 atom stereocenters. The zero-order valence-electron chi connectivity index (χ0n) is 12.0. The fraction of sp³-hybridized carbons (Fsp3) is 0. The van der Waals surface area contributed by atoms with Gasteiger partial charge < -0.3 is 5.32 Å². The molecular weight excluding hydrogens is 374 g/mol. The molecule has 0 aliphatic carbocycles. The first kappa shape index (κ1) is 15.7. The lowest BCUT2D eigenvalue weighted by Gasteiger charge is -2.08. The van der Waals surface area contributed by atoms with Gasteiger partial charge in [-0.1, -0.05) is 46.3 Å². The molecule has 7 heteroatoms. The van der Waals surface area contributed by atoms with Crippen molar-refractivity contribution in [2.75, 3.05) is 5.32 Å². The maximum absolute atomic E-state index is 5.54. The SMILES string of the molecule is NN/C(=N\c1nc(-c2ccccc2)cs1)Nc1ccc(Br)cc1. The van der Waals surface area contributed by atoms with Crippen molar-refractivity contribution in [1.82, 2.24) is 10.4 Å². The van der Waals surface area contributed by atoms with Gasteiger partial charge in [0.25, 0.3) is 0 Å². The van der Waals surface area contributed by atoms with Crippen LogP contribution in [0.3, 0.4) is 0 Å². The molecule has 23 heavy (non-hydrogen) atoms. The predicted octanol–water partition coefficient (Wildman–Crippen LogP) is 4.14. The van der Waals surface area contributed by atoms with E-state index in [1.807, 2.05) is 60.0 Å². The Hall–Kier alpha value is -2.22. The molecule has 0 saturated heterocycles. The molecule has 0 radical (unpaired) electrons. The van der Waals surface area contributed by atoms with E-state index in [1.54, 1.807) is 0 Å². The summed E-state index contributed by atoms with van der Waals surface area (Å²) in [5.74, 6) is 5.97. The van der Waals surface area contributed by atoms with Crippen LogP contribution in [0.5, 0.6) is 0 Å². The van der Waals surface area contributed by atoms with Crippen molar-refractivity contribution < 1.29 is 0 Å². The molecule has 4 N–H and O–H groups in total. The van der Waals surface area contributed by atoms with Gasteiger partial charge in [0, 0.05) is 21.1 Å². The van der Waals surface area contributed by atoms with Gasteiger partial charge in [-0.25, -0.2) is 10.8 Å². The number of hydrogen-bond acceptors (Lipinski definition) is 4. The number of aliphatic imine (C=N–C) groups is 1. The Morgan fingerprint density at radius 3 is 2.52 bits per heavy atom. The normalized spacial score (nSPS) is 11.3. The van der Waals surface area contributed by atoms with Crippen molar-refractivity contribution in [1.29, 1.82) is 0 Å². The Balaban J connectivity index is 1.79. The second-order valence-electron chi connectivity index (χ2n) is 4.62. The van der Waals surface area contributed by atoms with Crippen LogP contribution in [-0.4, -0.2) is 10.9 Å². The topological polar surface area (TPSA) is 75.3 Å². The molecule has 0 aliphatic rings. The minimum Gasteiger partial charge on any atom is -0.325 e. The van der Waals surface area contributed by atoms with Crippen LogP contribution in [0.4, 0.5) is 10.8 Å². The fourth-order valence-corrected chi connectivity index (χ4v) is 2.88. The molecule has 0 bridgehead atoms. The fourth-order valence-electron chi connectivity index (χ4n) is 1.92. The number of benzene rings is 2. The number of nitrogens with zero attached hydrogens (tertiary/aromatic N) is 2. The summed E-state index contributed by atoms with van der Waals surface area (Å²) in [6, 6.07) is 17.7. The van der Waals surface area contributed by atoms with Crippen molar-refractivity contribution in [3.8, 4) is 11.3 Å². The highest BCUT2D eigenvalue weighted by Crippen LogP contribution is 2.26. The van der Waals surface area contributed by atoms with Crippen molar-refractivity contribution >= 4 is 44.0 Å². The number of rotatable bonds is 3. The molecule has 1 aromatic heterocycles. The lowest BCUT2D eigenvalue weighted by atomic mass is 10.2. The number of nitrogens with two attached hydrogens (primary N) is 1. The van der Waals surface area contributed by atoms with Crippen LogP contribution in [0.25, 0.3) is 11.3 Å². The smallest absolute Gasteiger partial charge is 0.217 e. The standard InChI is InChI=1S/C16H14BrN5S/c17-12-6-8-13(9-7-12)19-15(22-18)21-16-20-14(10-23-16)11-4-2-1-3-5-11/h1-10H,18H2,(H2,19,20,21,22). The van der Waals surface area contributed by atoms with Crippen LogP contribution < -0.4 is 16.6 Å². The lowest BCUT2D eigenvalue weighted by Crippen LogP contribution is -2.35. The summed E-state index contributed by atoms with van der Waals surface area (Å²) in [6.45, 7) is 0. The van der Waals surface area contributed by atoms with E-state index in [9.17, 15) is 0 Å². The largest absolute Gasteiger partial charge is 0.325 e. The van der Waals surface area contributed by atoms with E-state index in [4.69, 9.17) is 5.84 Å². The van der Waals surface area contributed by atoms with Crippen LogP contribution in [-0.2, 0) is 0 Å². The number of hydrogen-bond donors (Lipinski definition) is 3. The van der Waals surface area contributed by atoms with Crippen LogP contribution in [0.2, 0.25) is 0 Å². The number of halogens is 1. The van der Waals surface area contributed by atoms with E-state index < -0.39 is 0 Å². The van der Waals surface area contributed by atoms with Gasteiger partial charge >= 0.3 is 0 Å². The van der Waals surface area contributed by atoms with Crippen LogP contribution in [0.15, 0.2) is 69.4 Å². The van der Waals surface area contributed by atoms with Crippen molar-refractivity contribution in [2.45, 2.75) is 0 Å². The Bertz CT molecular complexity index is 799. The maximum Gasteiger partial charge on any atom is 0.217 e. The summed E-state index contributed by atoms with van der Waals surface area (Å²) < 4.78 is 1.01. The minimum absolute atomic E-state index is 0.432. The Morgan fingerprint density at radius 1 is 1.09 bits per heavy atom. The van der Waals surface area contributed by atoms with E-state index in [0.717, 1.165) is 21.4 Å². The molecule has 3 rings (SSSR count). The first-order chi connectivity index (χ1) is 11.2. The average molecular weight is 388 g/mol. The average Bonchev–Trinajstić information content (AvgIpc) is 3.05. The zero-order valence-corrected chi connectivity index (χ0v) is 14.4. The quantitative estimate of drug-likeness (QED) is 0.273. The van der Waals surface area contributed by atoms with Crippen molar-refractivity contribution in [2.24, 2.45) is 10.8 Å². The van der Waals surface area contributed by atoms with Gasteiger partial charge in [0.15, 0.2) is 0 Å². The molecule has 0 unspecified atom stereocenters. The molecule has 116 valence electrons. The van der Waals surface area contributed by atoms with Crippen molar-refractivity contribution in [3.63, 3.8) is 0 Å². The number of nitrogens with one attached hydrogen (secondary N) is 2. The zero-order chi connectivity index (χ0) is 16.1. The summed E-state index contributed by atoms with van der Waals surface area (Å²) >= 11 is 4.86. The van der Waals surface area contributed by atoms with Crippen LogP contribution in [0, 0.1) is 0 Å². The van der Waals surface area contributed by atoms with E-state index in [0.29, 0.717) is 11.1 Å². The molecule has 0 spiro atoms. The summed E-state index contributed by atoms with van der Waals surface area (Å²) in [7, 11) is 0. The summed E-state index contributed by atoms with van der Waals surface area (Å²) in [4.78, 5) is 8.92. The van der Waals surface area contributed by atoms with E-state index in [1.165, 1.54) is 11.3 Å².